The number of hydrogen-bond donors (Lipinski definition) is 1. The maximum atomic E-state index is 10.5. The molecule has 0 amide bonds. The molecule has 0 aliphatic rings. The average molecular weight is 302 g/mol. The van der Waals surface area contributed by atoms with Gasteiger partial charge in [0.2, 0.25) is 0 Å². The molecule has 5 nitrogen and oxygen atoms in total. The number of halogens is 1. The van der Waals surface area contributed by atoms with Crippen LogP contribution in [0.25, 0.3) is 0 Å². The molecule has 0 unspecified atom stereocenters. The topological polar surface area (TPSA) is 78.6 Å². The Morgan fingerprint density at radius 3 is 2.15 bits per heavy atom. The zero-order valence-electron chi connectivity index (χ0n) is 11.9. The molecule has 0 heterocycles. The summed E-state index contributed by atoms with van der Waals surface area (Å²) < 4.78 is 8.96. The molecular weight excluding hydrogens is 282 g/mol. The van der Waals surface area contributed by atoms with Gasteiger partial charge >= 0.3 is 11.4 Å². The number of methoxy groups -OCH3 is 1. The van der Waals surface area contributed by atoms with Crippen LogP contribution >= 0.6 is 11.6 Å². The smallest absolute Gasteiger partial charge is 0.404 e. The van der Waals surface area contributed by atoms with Gasteiger partial charge in [-0.05, 0) is 19.4 Å². The van der Waals surface area contributed by atoms with Crippen LogP contribution in [0, 0.1) is 0 Å². The molecule has 0 bridgehead atoms. The van der Waals surface area contributed by atoms with Crippen LogP contribution < -0.4 is 5.73 Å². The van der Waals surface area contributed by atoms with E-state index < -0.39 is 11.0 Å². The number of rotatable bonds is 4. The van der Waals surface area contributed by atoms with Gasteiger partial charge in [-0.15, -0.1) is 0 Å². The summed E-state index contributed by atoms with van der Waals surface area (Å²) in [7, 11) is 1.36. The number of carbonyl (C=O) groups is 2. The molecule has 0 atom stereocenters. The first-order valence-corrected chi connectivity index (χ1v) is 6.34. The molecule has 0 radical (unpaired) electrons. The third kappa shape index (κ3) is 11.5. The first-order chi connectivity index (χ1) is 9.24. The summed E-state index contributed by atoms with van der Waals surface area (Å²) in [6.45, 7) is 3.80. The van der Waals surface area contributed by atoms with E-state index >= 15 is 0 Å². The van der Waals surface area contributed by atoms with Crippen molar-refractivity contribution in [2.75, 3.05) is 7.11 Å². The van der Waals surface area contributed by atoms with E-state index in [4.69, 9.17) is 17.3 Å². The van der Waals surface area contributed by atoms with Gasteiger partial charge in [0.1, 0.15) is 6.61 Å². The van der Waals surface area contributed by atoms with Crippen LogP contribution in [-0.2, 0) is 20.9 Å². The second-order valence-corrected chi connectivity index (χ2v) is 5.06. The molecule has 20 heavy (non-hydrogen) atoms. The fourth-order valence-corrected chi connectivity index (χ4v) is 1.21. The third-order valence-electron chi connectivity index (χ3n) is 2.02. The fourth-order valence-electron chi connectivity index (χ4n) is 1.16. The van der Waals surface area contributed by atoms with Gasteiger partial charge in [-0.25, -0.2) is 4.79 Å². The van der Waals surface area contributed by atoms with Gasteiger partial charge in [0.15, 0.2) is 0 Å². The highest BCUT2D eigenvalue weighted by Gasteiger charge is 2.15. The molecule has 0 saturated carbocycles. The molecule has 1 aromatic carbocycles. The lowest BCUT2D eigenvalue weighted by molar-refractivity contribution is -0.141. The number of nitrogens with two attached hydrogens (primary N) is 1. The first kappa shape index (κ1) is 18.4. The average Bonchev–Trinajstić information content (AvgIpc) is 2.36. The Morgan fingerprint density at radius 1 is 1.25 bits per heavy atom. The molecule has 0 saturated heterocycles. The predicted molar refractivity (Wildman–Crippen MR) is 77.4 cm³/mol. The summed E-state index contributed by atoms with van der Waals surface area (Å²) in [6.07, 6.45) is 0.267. The third-order valence-corrected chi connectivity index (χ3v) is 2.13. The number of hydrogen-bond acceptors (Lipinski definition) is 5. The summed E-state index contributed by atoms with van der Waals surface area (Å²) in [4.78, 5) is 20.7. The van der Waals surface area contributed by atoms with Crippen LogP contribution in [-0.4, -0.2) is 24.0 Å². The Bertz CT molecular complexity index is 415. The molecule has 0 fully saturated rings. The highest BCUT2D eigenvalue weighted by atomic mass is 35.5. The molecule has 112 valence electrons. The minimum Gasteiger partial charge on any atom is -0.469 e. The summed E-state index contributed by atoms with van der Waals surface area (Å²) >= 11 is 4.97. The molecule has 0 aliphatic carbocycles. The molecule has 1 rings (SSSR count). The van der Waals surface area contributed by atoms with Crippen molar-refractivity contribution in [3.63, 3.8) is 0 Å². The predicted octanol–water partition coefficient (Wildman–Crippen LogP) is 2.85. The summed E-state index contributed by atoms with van der Waals surface area (Å²) in [5.74, 6) is -0.262. The zero-order chi connectivity index (χ0) is 15.6. The monoisotopic (exact) mass is 301 g/mol. The molecule has 2 N–H and O–H groups in total. The van der Waals surface area contributed by atoms with Gasteiger partial charge in [0.25, 0.3) is 0 Å². The minimum atomic E-state index is -0.770. The highest BCUT2D eigenvalue weighted by molar-refractivity contribution is 6.61. The lowest BCUT2D eigenvalue weighted by atomic mass is 10.0. The maximum Gasteiger partial charge on any atom is 0.404 e. The fraction of sp³-hybridized carbons (Fsp3) is 0.429. The molecule has 0 aromatic heterocycles. The Hall–Kier alpha value is -1.59. The Morgan fingerprint density at radius 2 is 1.80 bits per heavy atom. The van der Waals surface area contributed by atoms with Gasteiger partial charge in [0.05, 0.1) is 13.5 Å². The van der Waals surface area contributed by atoms with E-state index in [1.165, 1.54) is 7.11 Å². The van der Waals surface area contributed by atoms with E-state index in [9.17, 15) is 9.59 Å². The quantitative estimate of drug-likeness (QED) is 0.683. The number of esters is 1. The van der Waals surface area contributed by atoms with E-state index in [0.717, 1.165) is 5.56 Å². The largest absolute Gasteiger partial charge is 0.469 e. The van der Waals surface area contributed by atoms with Gasteiger partial charge < -0.3 is 15.2 Å². The van der Waals surface area contributed by atoms with E-state index in [0.29, 0.717) is 0 Å². The molecule has 0 aliphatic heterocycles. The SMILES string of the molecule is COC(=O)CC(C)(C)N.O=C(Cl)OCc1ccccc1. The minimum absolute atomic E-state index is 0.239. The van der Waals surface area contributed by atoms with Crippen molar-refractivity contribution in [1.82, 2.24) is 0 Å². The number of benzene rings is 1. The summed E-state index contributed by atoms with van der Waals surface area (Å²) in [5, 5.41) is 0. The van der Waals surface area contributed by atoms with E-state index in [-0.39, 0.29) is 19.0 Å². The van der Waals surface area contributed by atoms with Gasteiger partial charge in [0, 0.05) is 17.1 Å². The molecule has 6 heteroatoms. The van der Waals surface area contributed by atoms with E-state index in [2.05, 4.69) is 9.47 Å². The van der Waals surface area contributed by atoms with E-state index in [1.807, 2.05) is 30.3 Å². The zero-order valence-corrected chi connectivity index (χ0v) is 12.6. The van der Waals surface area contributed by atoms with Gasteiger partial charge in [-0.2, -0.15) is 0 Å². The van der Waals surface area contributed by atoms with Crippen LogP contribution in [0.4, 0.5) is 4.79 Å². The van der Waals surface area contributed by atoms with Gasteiger partial charge in [-0.3, -0.25) is 4.79 Å². The van der Waals surface area contributed by atoms with Crippen molar-refractivity contribution >= 4 is 23.0 Å². The van der Waals surface area contributed by atoms with Crippen molar-refractivity contribution in [1.29, 1.82) is 0 Å². The van der Waals surface area contributed by atoms with Crippen molar-refractivity contribution in [2.45, 2.75) is 32.4 Å². The molecule has 1 aromatic rings. The second kappa shape index (κ2) is 9.34. The second-order valence-electron chi connectivity index (χ2n) is 4.75. The van der Waals surface area contributed by atoms with Crippen LogP contribution in [0.2, 0.25) is 0 Å². The molecular formula is C14H20ClNO4. The van der Waals surface area contributed by atoms with Crippen molar-refractivity contribution in [2.24, 2.45) is 5.73 Å². The van der Waals surface area contributed by atoms with Crippen LogP contribution in [0.1, 0.15) is 25.8 Å². The van der Waals surface area contributed by atoms with Crippen molar-refractivity contribution in [3.05, 3.63) is 35.9 Å². The molecule has 0 spiro atoms. The number of ether oxygens (including phenoxy) is 2. The summed E-state index contributed by atoms with van der Waals surface area (Å²) in [6, 6.07) is 9.36. The van der Waals surface area contributed by atoms with Crippen LogP contribution in [0.3, 0.4) is 0 Å². The van der Waals surface area contributed by atoms with Crippen LogP contribution in [0.15, 0.2) is 30.3 Å². The Labute approximate surface area is 124 Å². The van der Waals surface area contributed by atoms with Crippen molar-refractivity contribution < 1.29 is 19.1 Å². The number of carbonyl (C=O) groups excluding carboxylic acids is 2. The highest BCUT2D eigenvalue weighted by Crippen LogP contribution is 2.03. The van der Waals surface area contributed by atoms with Gasteiger partial charge in [-0.1, -0.05) is 30.3 Å². The normalized spacial score (nSPS) is 10.1. The Balaban J connectivity index is 0.000000370. The Kier molecular flexibility index (Phi) is 8.59. The lowest BCUT2D eigenvalue weighted by Crippen LogP contribution is -2.34. The maximum absolute atomic E-state index is 10.5. The lowest BCUT2D eigenvalue weighted by Gasteiger charge is -2.15. The first-order valence-electron chi connectivity index (χ1n) is 5.96. The van der Waals surface area contributed by atoms with E-state index in [1.54, 1.807) is 13.8 Å². The summed E-state index contributed by atoms with van der Waals surface area (Å²) in [5.41, 5.74) is 5.22. The van der Waals surface area contributed by atoms with Crippen LogP contribution in [0.5, 0.6) is 0 Å². The standard InChI is InChI=1S/C8H7ClO2.C6H13NO2/c9-8(10)11-6-7-4-2-1-3-5-7;1-6(2,7)4-5(8)9-3/h1-5H,6H2;4,7H2,1-3H3. The van der Waals surface area contributed by atoms with Crippen molar-refractivity contribution in [3.8, 4) is 0 Å².